The molecule has 1 aromatic carbocycles. The standard InChI is InChI=1S/C13H20O/c1-11-6-5-7-12(8-11)9-14-10-13(2,3)4/h5-8H,9-10H2,1-4H3. The van der Waals surface area contributed by atoms with Crippen molar-refractivity contribution in [1.29, 1.82) is 0 Å². The third-order valence-corrected chi connectivity index (χ3v) is 1.89. The molecule has 14 heavy (non-hydrogen) atoms. The number of ether oxygens (including phenoxy) is 1. The maximum atomic E-state index is 5.64. The summed E-state index contributed by atoms with van der Waals surface area (Å²) in [6.07, 6.45) is 0. The molecule has 1 nitrogen and oxygen atoms in total. The van der Waals surface area contributed by atoms with Crippen molar-refractivity contribution in [3.8, 4) is 0 Å². The van der Waals surface area contributed by atoms with Crippen LogP contribution in [0.3, 0.4) is 0 Å². The molecule has 0 unspecified atom stereocenters. The molecule has 0 bridgehead atoms. The molecule has 0 saturated carbocycles. The average Bonchev–Trinajstić information content (AvgIpc) is 2.01. The zero-order valence-corrected chi connectivity index (χ0v) is 9.63. The van der Waals surface area contributed by atoms with Crippen LogP contribution in [0.15, 0.2) is 24.3 Å². The highest BCUT2D eigenvalue weighted by molar-refractivity contribution is 5.21. The first-order chi connectivity index (χ1) is 6.47. The quantitative estimate of drug-likeness (QED) is 0.711. The fourth-order valence-corrected chi connectivity index (χ4v) is 1.28. The molecule has 0 aromatic heterocycles. The van der Waals surface area contributed by atoms with Crippen LogP contribution in [-0.2, 0) is 11.3 Å². The first kappa shape index (κ1) is 11.3. The molecular formula is C13H20O. The molecule has 0 aliphatic rings. The molecule has 0 saturated heterocycles. The third-order valence-electron chi connectivity index (χ3n) is 1.89. The van der Waals surface area contributed by atoms with Gasteiger partial charge in [-0.3, -0.25) is 0 Å². The normalized spacial score (nSPS) is 11.7. The maximum Gasteiger partial charge on any atom is 0.0717 e. The molecule has 0 spiro atoms. The molecule has 1 aromatic rings. The predicted octanol–water partition coefficient (Wildman–Crippen LogP) is 3.56. The van der Waals surface area contributed by atoms with Gasteiger partial charge in [-0.15, -0.1) is 0 Å². The molecule has 0 radical (unpaired) electrons. The Bertz CT molecular complexity index is 284. The van der Waals surface area contributed by atoms with Gasteiger partial charge in [-0.25, -0.2) is 0 Å². The summed E-state index contributed by atoms with van der Waals surface area (Å²) in [5.41, 5.74) is 2.81. The van der Waals surface area contributed by atoms with Crippen molar-refractivity contribution in [1.82, 2.24) is 0 Å². The summed E-state index contributed by atoms with van der Waals surface area (Å²) in [4.78, 5) is 0. The molecule has 0 atom stereocenters. The lowest BCUT2D eigenvalue weighted by atomic mass is 9.99. The van der Waals surface area contributed by atoms with Gasteiger partial charge >= 0.3 is 0 Å². The summed E-state index contributed by atoms with van der Waals surface area (Å²) in [5, 5.41) is 0. The molecule has 78 valence electrons. The molecule has 0 aliphatic carbocycles. The van der Waals surface area contributed by atoms with E-state index < -0.39 is 0 Å². The van der Waals surface area contributed by atoms with Gasteiger partial charge in [0.15, 0.2) is 0 Å². The molecule has 0 N–H and O–H groups in total. The average molecular weight is 192 g/mol. The number of hydrogen-bond donors (Lipinski definition) is 0. The summed E-state index contributed by atoms with van der Waals surface area (Å²) in [7, 11) is 0. The maximum absolute atomic E-state index is 5.64. The van der Waals surface area contributed by atoms with Crippen molar-refractivity contribution in [2.24, 2.45) is 5.41 Å². The fraction of sp³-hybridized carbons (Fsp3) is 0.538. The lowest BCUT2D eigenvalue weighted by Gasteiger charge is -2.18. The summed E-state index contributed by atoms with van der Waals surface area (Å²) >= 11 is 0. The van der Waals surface area contributed by atoms with E-state index in [1.54, 1.807) is 0 Å². The molecule has 0 amide bonds. The van der Waals surface area contributed by atoms with Crippen LogP contribution in [-0.4, -0.2) is 6.61 Å². The number of rotatable bonds is 3. The minimum absolute atomic E-state index is 0.254. The van der Waals surface area contributed by atoms with Gasteiger partial charge in [0.05, 0.1) is 13.2 Å². The smallest absolute Gasteiger partial charge is 0.0717 e. The van der Waals surface area contributed by atoms with Crippen LogP contribution in [0.1, 0.15) is 31.9 Å². The first-order valence-corrected chi connectivity index (χ1v) is 5.11. The van der Waals surface area contributed by atoms with E-state index in [1.807, 2.05) is 0 Å². The van der Waals surface area contributed by atoms with Gasteiger partial charge in [0.1, 0.15) is 0 Å². The van der Waals surface area contributed by atoms with Crippen LogP contribution in [0.5, 0.6) is 0 Å². The zero-order valence-electron chi connectivity index (χ0n) is 9.63. The van der Waals surface area contributed by atoms with Crippen LogP contribution in [0, 0.1) is 12.3 Å². The Morgan fingerprint density at radius 3 is 2.50 bits per heavy atom. The van der Waals surface area contributed by atoms with Gasteiger partial charge in [-0.2, -0.15) is 0 Å². The summed E-state index contributed by atoms with van der Waals surface area (Å²) in [5.74, 6) is 0. The van der Waals surface area contributed by atoms with E-state index in [1.165, 1.54) is 11.1 Å². The lowest BCUT2D eigenvalue weighted by molar-refractivity contribution is 0.0599. The van der Waals surface area contributed by atoms with Crippen molar-refractivity contribution in [3.63, 3.8) is 0 Å². The monoisotopic (exact) mass is 192 g/mol. The minimum Gasteiger partial charge on any atom is -0.376 e. The second kappa shape index (κ2) is 4.61. The molecular weight excluding hydrogens is 172 g/mol. The first-order valence-electron chi connectivity index (χ1n) is 5.11. The van der Waals surface area contributed by atoms with Crippen molar-refractivity contribution in [2.45, 2.75) is 34.3 Å². The van der Waals surface area contributed by atoms with E-state index >= 15 is 0 Å². The largest absolute Gasteiger partial charge is 0.376 e. The Kier molecular flexibility index (Phi) is 3.70. The zero-order chi connectivity index (χ0) is 10.6. The van der Waals surface area contributed by atoms with Gasteiger partial charge in [0.25, 0.3) is 0 Å². The van der Waals surface area contributed by atoms with Gasteiger partial charge in [0.2, 0.25) is 0 Å². The highest BCUT2D eigenvalue weighted by Gasteiger charge is 2.09. The Labute approximate surface area is 87.1 Å². The van der Waals surface area contributed by atoms with Crippen LogP contribution >= 0.6 is 0 Å². The SMILES string of the molecule is Cc1cccc(COCC(C)(C)C)c1. The third kappa shape index (κ3) is 4.43. The molecule has 0 aliphatic heterocycles. The van der Waals surface area contributed by atoms with E-state index in [9.17, 15) is 0 Å². The Morgan fingerprint density at radius 2 is 1.93 bits per heavy atom. The lowest BCUT2D eigenvalue weighted by Crippen LogP contribution is -2.14. The second-order valence-electron chi connectivity index (χ2n) is 5.04. The summed E-state index contributed by atoms with van der Waals surface area (Å²) in [6.45, 7) is 10.2. The molecule has 1 rings (SSSR count). The number of benzene rings is 1. The van der Waals surface area contributed by atoms with E-state index in [4.69, 9.17) is 4.74 Å². The van der Waals surface area contributed by atoms with Crippen LogP contribution < -0.4 is 0 Å². The Morgan fingerprint density at radius 1 is 1.21 bits per heavy atom. The second-order valence-corrected chi connectivity index (χ2v) is 5.04. The number of aryl methyl sites for hydroxylation is 1. The van der Waals surface area contributed by atoms with E-state index in [2.05, 4.69) is 52.0 Å². The van der Waals surface area contributed by atoms with Gasteiger partial charge in [0, 0.05) is 0 Å². The molecule has 0 heterocycles. The van der Waals surface area contributed by atoms with Gasteiger partial charge in [-0.05, 0) is 17.9 Å². The molecule has 1 heteroatoms. The van der Waals surface area contributed by atoms with Gasteiger partial charge < -0.3 is 4.74 Å². The van der Waals surface area contributed by atoms with Crippen LogP contribution in [0.25, 0.3) is 0 Å². The fourth-order valence-electron chi connectivity index (χ4n) is 1.28. The van der Waals surface area contributed by atoms with Crippen molar-refractivity contribution in [3.05, 3.63) is 35.4 Å². The Balaban J connectivity index is 2.39. The topological polar surface area (TPSA) is 9.23 Å². The van der Waals surface area contributed by atoms with E-state index in [0.29, 0.717) is 0 Å². The highest BCUT2D eigenvalue weighted by atomic mass is 16.5. The van der Waals surface area contributed by atoms with Crippen molar-refractivity contribution in [2.75, 3.05) is 6.61 Å². The number of hydrogen-bond acceptors (Lipinski definition) is 1. The van der Waals surface area contributed by atoms with Crippen molar-refractivity contribution >= 4 is 0 Å². The summed E-state index contributed by atoms with van der Waals surface area (Å²) < 4.78 is 5.64. The van der Waals surface area contributed by atoms with E-state index in [0.717, 1.165) is 13.2 Å². The van der Waals surface area contributed by atoms with E-state index in [-0.39, 0.29) is 5.41 Å². The van der Waals surface area contributed by atoms with Crippen LogP contribution in [0.2, 0.25) is 0 Å². The minimum atomic E-state index is 0.254. The van der Waals surface area contributed by atoms with Gasteiger partial charge in [-0.1, -0.05) is 50.6 Å². The van der Waals surface area contributed by atoms with Crippen molar-refractivity contribution < 1.29 is 4.74 Å². The molecule has 0 fully saturated rings. The summed E-state index contributed by atoms with van der Waals surface area (Å²) in [6, 6.07) is 8.46. The predicted molar refractivity (Wildman–Crippen MR) is 60.3 cm³/mol. The Hall–Kier alpha value is -0.820. The van der Waals surface area contributed by atoms with Crippen LogP contribution in [0.4, 0.5) is 0 Å². The highest BCUT2D eigenvalue weighted by Crippen LogP contribution is 2.14.